The smallest absolute Gasteiger partial charge is 0.279 e. The number of nitrogens with one attached hydrogen (secondary N) is 2. The van der Waals surface area contributed by atoms with Crippen LogP contribution in [0.1, 0.15) is 24.2 Å². The second-order valence-corrected chi connectivity index (χ2v) is 6.23. The van der Waals surface area contributed by atoms with Gasteiger partial charge in [0.1, 0.15) is 18.0 Å². The molecule has 0 heterocycles. The van der Waals surface area contributed by atoms with Gasteiger partial charge in [-0.15, -0.1) is 0 Å². The van der Waals surface area contributed by atoms with Crippen LogP contribution in [0.3, 0.4) is 0 Å². The predicted molar refractivity (Wildman–Crippen MR) is 107 cm³/mol. The van der Waals surface area contributed by atoms with Crippen molar-refractivity contribution in [1.82, 2.24) is 15.8 Å². The molecule has 0 saturated carbocycles. The van der Waals surface area contributed by atoms with Gasteiger partial charge in [-0.25, -0.2) is 0 Å². The topological polar surface area (TPSA) is 97.0 Å². The van der Waals surface area contributed by atoms with E-state index in [2.05, 4.69) is 10.9 Å². The highest BCUT2D eigenvalue weighted by atomic mass is 16.5. The van der Waals surface area contributed by atoms with Crippen LogP contribution in [0.4, 0.5) is 0 Å². The maximum Gasteiger partial charge on any atom is 0.279 e. The summed E-state index contributed by atoms with van der Waals surface area (Å²) in [4.78, 5) is 37.6. The van der Waals surface area contributed by atoms with Crippen molar-refractivity contribution in [2.24, 2.45) is 0 Å². The second-order valence-electron chi connectivity index (χ2n) is 6.23. The second kappa shape index (κ2) is 10.7. The van der Waals surface area contributed by atoms with Crippen molar-refractivity contribution in [2.45, 2.75) is 20.0 Å². The van der Waals surface area contributed by atoms with Crippen LogP contribution in [-0.4, -0.2) is 48.9 Å². The molecule has 0 bridgehead atoms. The van der Waals surface area contributed by atoms with Gasteiger partial charge in [-0.1, -0.05) is 18.2 Å². The molecule has 1 atom stereocenters. The molecule has 29 heavy (non-hydrogen) atoms. The number of benzene rings is 2. The summed E-state index contributed by atoms with van der Waals surface area (Å²) < 4.78 is 10.9. The van der Waals surface area contributed by atoms with E-state index in [4.69, 9.17) is 9.47 Å². The fourth-order valence-corrected chi connectivity index (χ4v) is 2.40. The number of hydrazine groups is 1. The first-order valence-corrected chi connectivity index (χ1v) is 9.19. The average molecular weight is 399 g/mol. The normalized spacial score (nSPS) is 11.1. The molecule has 0 radical (unpaired) electrons. The van der Waals surface area contributed by atoms with E-state index in [1.54, 1.807) is 61.5 Å². The Morgan fingerprint density at radius 2 is 1.59 bits per heavy atom. The molecule has 2 aromatic rings. The Kier molecular flexibility index (Phi) is 8.02. The standard InChI is InChI=1S/C21H25N3O5/c1-4-28-17-10-12-18(13-11-17)29-15(2)20(26)23-22-19(25)14-24(3)21(27)16-8-6-5-7-9-16/h5-13,15H,4,14H2,1-3H3,(H,22,25)(H,23,26). The highest BCUT2D eigenvalue weighted by Gasteiger charge is 2.18. The number of amides is 3. The van der Waals surface area contributed by atoms with E-state index in [9.17, 15) is 14.4 Å². The van der Waals surface area contributed by atoms with Crippen molar-refractivity contribution in [3.05, 3.63) is 60.2 Å². The van der Waals surface area contributed by atoms with E-state index in [0.717, 1.165) is 0 Å². The van der Waals surface area contributed by atoms with E-state index in [0.29, 0.717) is 23.7 Å². The van der Waals surface area contributed by atoms with Gasteiger partial charge in [-0.3, -0.25) is 25.2 Å². The van der Waals surface area contributed by atoms with Crippen LogP contribution >= 0.6 is 0 Å². The van der Waals surface area contributed by atoms with Crippen molar-refractivity contribution >= 4 is 17.7 Å². The van der Waals surface area contributed by atoms with Crippen LogP contribution in [0.5, 0.6) is 11.5 Å². The molecule has 0 aliphatic carbocycles. The molecule has 0 saturated heterocycles. The van der Waals surface area contributed by atoms with Gasteiger partial charge >= 0.3 is 0 Å². The highest BCUT2D eigenvalue weighted by Crippen LogP contribution is 2.18. The first kappa shape index (κ1) is 21.7. The third-order valence-corrected chi connectivity index (χ3v) is 3.89. The number of carbonyl (C=O) groups is 3. The fraction of sp³-hybridized carbons (Fsp3) is 0.286. The zero-order valence-corrected chi connectivity index (χ0v) is 16.7. The minimum absolute atomic E-state index is 0.206. The SMILES string of the molecule is CCOc1ccc(OC(C)C(=O)NNC(=O)CN(C)C(=O)c2ccccc2)cc1. The average Bonchev–Trinajstić information content (AvgIpc) is 2.73. The molecule has 2 aromatic carbocycles. The lowest BCUT2D eigenvalue weighted by atomic mass is 10.2. The van der Waals surface area contributed by atoms with Gasteiger partial charge in [0, 0.05) is 12.6 Å². The summed E-state index contributed by atoms with van der Waals surface area (Å²) in [7, 11) is 1.51. The third kappa shape index (κ3) is 6.84. The van der Waals surface area contributed by atoms with Crippen LogP contribution in [0.25, 0.3) is 0 Å². The lowest BCUT2D eigenvalue weighted by Crippen LogP contribution is -2.50. The van der Waals surface area contributed by atoms with Crippen molar-refractivity contribution in [3.63, 3.8) is 0 Å². The minimum atomic E-state index is -0.836. The molecule has 1 unspecified atom stereocenters. The molecule has 8 nitrogen and oxygen atoms in total. The summed E-state index contributed by atoms with van der Waals surface area (Å²) in [5, 5.41) is 0. The van der Waals surface area contributed by atoms with Crippen molar-refractivity contribution in [1.29, 1.82) is 0 Å². The number of rotatable bonds is 8. The van der Waals surface area contributed by atoms with E-state index in [1.807, 2.05) is 6.92 Å². The summed E-state index contributed by atoms with van der Waals surface area (Å²) >= 11 is 0. The van der Waals surface area contributed by atoms with Gasteiger partial charge < -0.3 is 14.4 Å². The van der Waals surface area contributed by atoms with Crippen molar-refractivity contribution in [3.8, 4) is 11.5 Å². The molecular weight excluding hydrogens is 374 g/mol. The zero-order chi connectivity index (χ0) is 21.2. The first-order valence-electron chi connectivity index (χ1n) is 9.19. The lowest BCUT2D eigenvalue weighted by Gasteiger charge is -2.18. The summed E-state index contributed by atoms with van der Waals surface area (Å²) in [5.74, 6) is -0.143. The van der Waals surface area contributed by atoms with Crippen molar-refractivity contribution in [2.75, 3.05) is 20.2 Å². The molecule has 0 spiro atoms. The molecule has 0 aromatic heterocycles. The summed E-state index contributed by atoms with van der Waals surface area (Å²) in [5.41, 5.74) is 5.05. The Balaban J connectivity index is 1.77. The van der Waals surface area contributed by atoms with Gasteiger partial charge in [0.15, 0.2) is 6.10 Å². The fourth-order valence-electron chi connectivity index (χ4n) is 2.40. The van der Waals surface area contributed by atoms with Crippen LogP contribution in [0.2, 0.25) is 0 Å². The molecule has 154 valence electrons. The molecule has 0 fully saturated rings. The maximum absolute atomic E-state index is 12.2. The number of hydrogen-bond acceptors (Lipinski definition) is 5. The van der Waals surface area contributed by atoms with Gasteiger partial charge in [0.2, 0.25) is 0 Å². The van der Waals surface area contributed by atoms with E-state index < -0.39 is 17.9 Å². The van der Waals surface area contributed by atoms with E-state index in [-0.39, 0.29) is 12.5 Å². The third-order valence-electron chi connectivity index (χ3n) is 3.89. The molecule has 3 amide bonds. The largest absolute Gasteiger partial charge is 0.494 e. The van der Waals surface area contributed by atoms with Gasteiger partial charge in [-0.05, 0) is 50.2 Å². The maximum atomic E-state index is 12.2. The van der Waals surface area contributed by atoms with Crippen LogP contribution in [0.15, 0.2) is 54.6 Å². The van der Waals surface area contributed by atoms with E-state index >= 15 is 0 Å². The molecule has 2 N–H and O–H groups in total. The van der Waals surface area contributed by atoms with Crippen LogP contribution in [0, 0.1) is 0 Å². The minimum Gasteiger partial charge on any atom is -0.494 e. The summed E-state index contributed by atoms with van der Waals surface area (Å²) in [6.07, 6.45) is -0.836. The summed E-state index contributed by atoms with van der Waals surface area (Å²) in [6, 6.07) is 15.5. The van der Waals surface area contributed by atoms with Crippen LogP contribution in [-0.2, 0) is 9.59 Å². The Labute approximate surface area is 169 Å². The lowest BCUT2D eigenvalue weighted by molar-refractivity contribution is -0.132. The van der Waals surface area contributed by atoms with Crippen molar-refractivity contribution < 1.29 is 23.9 Å². The van der Waals surface area contributed by atoms with Gasteiger partial charge in [0.25, 0.3) is 17.7 Å². The highest BCUT2D eigenvalue weighted by molar-refractivity contribution is 5.96. The molecular formula is C21H25N3O5. The first-order chi connectivity index (χ1) is 13.9. The number of hydrogen-bond donors (Lipinski definition) is 2. The molecule has 0 aliphatic heterocycles. The number of likely N-dealkylation sites (N-methyl/N-ethyl adjacent to an activating group) is 1. The molecule has 8 heteroatoms. The predicted octanol–water partition coefficient (Wildman–Crippen LogP) is 1.77. The van der Waals surface area contributed by atoms with Gasteiger partial charge in [-0.2, -0.15) is 0 Å². The van der Waals surface area contributed by atoms with Gasteiger partial charge in [0.05, 0.1) is 6.61 Å². The number of carbonyl (C=O) groups excluding carboxylic acids is 3. The number of nitrogens with zero attached hydrogens (tertiary/aromatic N) is 1. The zero-order valence-electron chi connectivity index (χ0n) is 16.7. The molecule has 2 rings (SSSR count). The van der Waals surface area contributed by atoms with E-state index in [1.165, 1.54) is 11.9 Å². The van der Waals surface area contributed by atoms with Crippen LogP contribution < -0.4 is 20.3 Å². The monoisotopic (exact) mass is 399 g/mol. The Hall–Kier alpha value is -3.55. The quantitative estimate of drug-likeness (QED) is 0.660. The number of ether oxygens (including phenoxy) is 2. The Morgan fingerprint density at radius 3 is 2.21 bits per heavy atom. The molecule has 0 aliphatic rings. The Morgan fingerprint density at radius 1 is 0.966 bits per heavy atom. The summed E-state index contributed by atoms with van der Waals surface area (Å²) in [6.45, 7) is 3.80. The Bertz CT molecular complexity index is 824.